The Morgan fingerprint density at radius 1 is 0.941 bits per heavy atom. The zero-order valence-corrected chi connectivity index (χ0v) is 22.0. The van der Waals surface area contributed by atoms with E-state index in [0.29, 0.717) is 5.75 Å². The number of hydrogen-bond donors (Lipinski definition) is 5. The van der Waals surface area contributed by atoms with E-state index < -0.39 is 36.1 Å². The van der Waals surface area contributed by atoms with Crippen LogP contribution in [-0.2, 0) is 14.4 Å². The fraction of sp³-hybridized carbons (Fsp3) is 0.640. The van der Waals surface area contributed by atoms with Gasteiger partial charge in [0, 0.05) is 24.9 Å². The highest BCUT2D eigenvalue weighted by atomic mass is 32.2. The lowest BCUT2D eigenvalue weighted by atomic mass is 10.1. The highest BCUT2D eigenvalue weighted by Gasteiger charge is 2.26. The lowest BCUT2D eigenvalue weighted by molar-refractivity contribution is -0.140. The molecule has 3 unspecified atom stereocenters. The zero-order valence-electron chi connectivity index (χ0n) is 21.2. The molecule has 0 fully saturated rings. The maximum Gasteiger partial charge on any atom is 0.321 e. The van der Waals surface area contributed by atoms with Crippen LogP contribution in [-0.4, -0.2) is 57.8 Å². The second kappa shape index (κ2) is 18.3. The highest BCUT2D eigenvalue weighted by molar-refractivity contribution is 7.99. The topological polar surface area (TPSA) is 142 Å². The molecule has 0 aliphatic rings. The second-order valence-electron chi connectivity index (χ2n) is 8.81. The number of thioether (sulfide) groups is 1. The number of allylic oxidation sites excluding steroid dienone is 5. The van der Waals surface area contributed by atoms with Gasteiger partial charge in [-0.25, -0.2) is 0 Å². The maximum absolute atomic E-state index is 11.6. The number of primary amides is 1. The van der Waals surface area contributed by atoms with Crippen LogP contribution in [0.15, 0.2) is 34.9 Å². The molecule has 6 N–H and O–H groups in total. The van der Waals surface area contributed by atoms with E-state index in [1.165, 1.54) is 35.4 Å². The van der Waals surface area contributed by atoms with Crippen molar-refractivity contribution in [1.82, 2.24) is 10.6 Å². The summed E-state index contributed by atoms with van der Waals surface area (Å²) >= 11 is 1.44. The normalized spacial score (nSPS) is 14.8. The molecule has 0 aromatic carbocycles. The highest BCUT2D eigenvalue weighted by Crippen LogP contribution is 2.13. The summed E-state index contributed by atoms with van der Waals surface area (Å²) in [7, 11) is 0. The molecule has 0 radical (unpaired) electrons. The summed E-state index contributed by atoms with van der Waals surface area (Å²) in [5.41, 5.74) is 9.12. The summed E-state index contributed by atoms with van der Waals surface area (Å²) in [5, 5.41) is 25.1. The van der Waals surface area contributed by atoms with E-state index in [1.807, 2.05) is 0 Å². The van der Waals surface area contributed by atoms with E-state index in [4.69, 9.17) is 5.73 Å². The predicted molar refractivity (Wildman–Crippen MR) is 139 cm³/mol. The van der Waals surface area contributed by atoms with Crippen LogP contribution in [0, 0.1) is 0 Å². The van der Waals surface area contributed by atoms with Gasteiger partial charge in [0.15, 0.2) is 0 Å². The van der Waals surface area contributed by atoms with Gasteiger partial charge in [-0.15, -0.1) is 0 Å². The minimum absolute atomic E-state index is 0.0373. The van der Waals surface area contributed by atoms with Crippen LogP contribution >= 0.6 is 11.8 Å². The lowest BCUT2D eigenvalue weighted by Gasteiger charge is -2.27. The van der Waals surface area contributed by atoms with Gasteiger partial charge < -0.3 is 21.3 Å². The molecular formula is C25H43N3O5S. The molecule has 3 atom stereocenters. The summed E-state index contributed by atoms with van der Waals surface area (Å²) in [5.74, 6) is -1.16. The molecular weight excluding hydrogens is 454 g/mol. The zero-order chi connectivity index (χ0) is 26.1. The van der Waals surface area contributed by atoms with Crippen LogP contribution in [0.3, 0.4) is 0 Å². The Labute approximate surface area is 208 Å². The maximum atomic E-state index is 11.6. The second-order valence-corrected chi connectivity index (χ2v) is 9.89. The van der Waals surface area contributed by atoms with Crippen molar-refractivity contribution in [2.45, 2.75) is 91.5 Å². The molecule has 0 rings (SSSR count). The van der Waals surface area contributed by atoms with Crippen molar-refractivity contribution in [2.24, 2.45) is 5.73 Å². The third kappa shape index (κ3) is 17.4. The van der Waals surface area contributed by atoms with Crippen LogP contribution in [0.2, 0.25) is 0 Å². The average molecular weight is 498 g/mol. The monoisotopic (exact) mass is 497 g/mol. The molecule has 8 nitrogen and oxygen atoms in total. The molecule has 34 heavy (non-hydrogen) atoms. The van der Waals surface area contributed by atoms with Gasteiger partial charge >= 0.3 is 5.97 Å². The molecule has 0 aromatic rings. The van der Waals surface area contributed by atoms with Crippen LogP contribution in [0.4, 0.5) is 0 Å². The van der Waals surface area contributed by atoms with Crippen molar-refractivity contribution >= 4 is 29.5 Å². The van der Waals surface area contributed by atoms with Crippen molar-refractivity contribution < 1.29 is 24.6 Å². The summed E-state index contributed by atoms with van der Waals surface area (Å²) < 4.78 is 0. The fourth-order valence-corrected chi connectivity index (χ4v) is 4.12. The van der Waals surface area contributed by atoms with E-state index in [1.54, 1.807) is 0 Å². The van der Waals surface area contributed by atoms with E-state index in [-0.39, 0.29) is 18.6 Å². The Morgan fingerprint density at radius 3 is 2.06 bits per heavy atom. The fourth-order valence-electron chi connectivity index (χ4n) is 3.11. The van der Waals surface area contributed by atoms with Crippen LogP contribution in [0.1, 0.15) is 73.1 Å². The lowest BCUT2D eigenvalue weighted by Crippen LogP contribution is -2.55. The van der Waals surface area contributed by atoms with Crippen molar-refractivity contribution in [3.05, 3.63) is 34.9 Å². The number of nitrogens with two attached hydrogens (primary N) is 1. The van der Waals surface area contributed by atoms with Crippen molar-refractivity contribution in [3.8, 4) is 0 Å². The summed E-state index contributed by atoms with van der Waals surface area (Å²) in [6, 6.07) is -1.83. The van der Waals surface area contributed by atoms with Crippen LogP contribution < -0.4 is 16.4 Å². The van der Waals surface area contributed by atoms with Crippen LogP contribution in [0.5, 0.6) is 0 Å². The summed E-state index contributed by atoms with van der Waals surface area (Å²) in [6.45, 7) is 9.73. The first-order valence-electron chi connectivity index (χ1n) is 11.7. The van der Waals surface area contributed by atoms with Gasteiger partial charge in [0.1, 0.15) is 12.3 Å². The molecule has 0 aliphatic carbocycles. The number of aliphatic hydroxyl groups excluding tert-OH is 1. The number of nitrogens with one attached hydrogen (secondary N) is 2. The number of hydrogen-bond acceptors (Lipinski definition) is 6. The number of amides is 2. The van der Waals surface area contributed by atoms with Gasteiger partial charge in [-0.1, -0.05) is 34.9 Å². The standard InChI is InChI=1S/C25H43N3O5S/c1-17(2)8-6-9-18(3)10-7-11-19(4)14-15-34-16-22(25(32)33)28-24(31)21(27-20(5)29)12-13-23(26)30/h8,10,14,21-22,24,28,31H,6-7,9,11-13,15-16H2,1-5H3,(H2,26,30)(H,27,29)(H,32,33)/b18-10+,19-14+. The number of carboxylic acids is 1. The number of aliphatic hydroxyl groups is 1. The SMILES string of the molecule is CC(=O)NC(CCC(N)=O)C(O)NC(CSC/C=C(\C)CC/C=C(\C)CCC=C(C)C)C(=O)O. The summed E-state index contributed by atoms with van der Waals surface area (Å²) in [6.07, 6.45) is 9.45. The minimum Gasteiger partial charge on any atom is -0.480 e. The number of carboxylic acid groups (broad SMARTS) is 1. The van der Waals surface area contributed by atoms with Gasteiger partial charge in [-0.05, 0) is 59.8 Å². The molecule has 0 heterocycles. The van der Waals surface area contributed by atoms with E-state index >= 15 is 0 Å². The molecule has 0 aliphatic heterocycles. The molecule has 2 amide bonds. The molecule has 9 heteroatoms. The third-order valence-corrected chi connectivity index (χ3v) is 6.07. The summed E-state index contributed by atoms with van der Waals surface area (Å²) in [4.78, 5) is 34.0. The van der Waals surface area contributed by atoms with Gasteiger partial charge in [0.05, 0.1) is 6.04 Å². The minimum atomic E-state index is -1.33. The van der Waals surface area contributed by atoms with E-state index in [0.717, 1.165) is 25.7 Å². The molecule has 0 spiro atoms. The Kier molecular flexibility index (Phi) is 17.1. The molecule has 0 saturated carbocycles. The molecule has 0 aromatic heterocycles. The van der Waals surface area contributed by atoms with E-state index in [9.17, 15) is 24.6 Å². The largest absolute Gasteiger partial charge is 0.480 e. The number of aliphatic carboxylic acids is 1. The average Bonchev–Trinajstić information content (AvgIpc) is 2.72. The van der Waals surface area contributed by atoms with E-state index in [2.05, 4.69) is 56.6 Å². The van der Waals surface area contributed by atoms with Crippen LogP contribution in [0.25, 0.3) is 0 Å². The van der Waals surface area contributed by atoms with Crippen molar-refractivity contribution in [2.75, 3.05) is 11.5 Å². The number of carbonyl (C=O) groups is 3. The molecule has 0 saturated heterocycles. The smallest absolute Gasteiger partial charge is 0.321 e. The van der Waals surface area contributed by atoms with Crippen molar-refractivity contribution in [1.29, 1.82) is 0 Å². The Bertz CT molecular complexity index is 745. The Balaban J connectivity index is 4.57. The molecule has 0 bridgehead atoms. The number of rotatable bonds is 18. The number of carbonyl (C=O) groups excluding carboxylic acids is 2. The Hall–Kier alpha value is -2.10. The van der Waals surface area contributed by atoms with Gasteiger partial charge in [0.2, 0.25) is 11.8 Å². The molecule has 194 valence electrons. The predicted octanol–water partition coefficient (Wildman–Crippen LogP) is 3.27. The first-order chi connectivity index (χ1) is 15.9. The quantitative estimate of drug-likeness (QED) is 0.111. The first kappa shape index (κ1) is 31.9. The van der Waals surface area contributed by atoms with Crippen molar-refractivity contribution in [3.63, 3.8) is 0 Å². The van der Waals surface area contributed by atoms with Gasteiger partial charge in [-0.3, -0.25) is 19.7 Å². The first-order valence-corrected chi connectivity index (χ1v) is 12.8. The van der Waals surface area contributed by atoms with Gasteiger partial charge in [0.25, 0.3) is 0 Å². The Morgan fingerprint density at radius 2 is 1.53 bits per heavy atom. The van der Waals surface area contributed by atoms with Gasteiger partial charge in [-0.2, -0.15) is 11.8 Å². The third-order valence-electron chi connectivity index (χ3n) is 5.10.